The summed E-state index contributed by atoms with van der Waals surface area (Å²) in [4.78, 5) is 0. The third kappa shape index (κ3) is 2.79. The number of aromatic nitrogens is 2. The van der Waals surface area contributed by atoms with E-state index in [9.17, 15) is 0 Å². The van der Waals surface area contributed by atoms with Crippen molar-refractivity contribution in [2.45, 2.75) is 31.8 Å². The largest absolute Gasteiger partial charge is 0.314 e. The normalized spacial score (nSPS) is 19.2. The van der Waals surface area contributed by atoms with Crippen LogP contribution in [0.2, 0.25) is 0 Å². The van der Waals surface area contributed by atoms with Crippen LogP contribution in [0.4, 0.5) is 0 Å². The molecule has 1 unspecified atom stereocenters. The Bertz CT molecular complexity index is 483. The van der Waals surface area contributed by atoms with Gasteiger partial charge in [0.25, 0.3) is 0 Å². The van der Waals surface area contributed by atoms with E-state index in [1.807, 2.05) is 16.9 Å². The Morgan fingerprint density at radius 1 is 1.22 bits per heavy atom. The van der Waals surface area contributed by atoms with Gasteiger partial charge in [-0.25, -0.2) is 0 Å². The molecule has 1 atom stereocenters. The lowest BCUT2D eigenvalue weighted by molar-refractivity contribution is 0.602. The highest BCUT2D eigenvalue weighted by atomic mass is 15.3. The van der Waals surface area contributed by atoms with Crippen LogP contribution in [0.5, 0.6) is 0 Å². The Hall–Kier alpha value is -1.61. The minimum atomic E-state index is 0.652. The maximum Gasteiger partial charge on any atom is 0.0659 e. The van der Waals surface area contributed by atoms with Crippen molar-refractivity contribution < 1.29 is 0 Å². The molecule has 0 bridgehead atoms. The van der Waals surface area contributed by atoms with Crippen LogP contribution in [0.3, 0.4) is 0 Å². The summed E-state index contributed by atoms with van der Waals surface area (Å²) in [6, 6.07) is 11.1. The fraction of sp³-hybridized carbons (Fsp3) is 0.400. The third-order valence-corrected chi connectivity index (χ3v) is 3.52. The van der Waals surface area contributed by atoms with Crippen molar-refractivity contribution in [2.75, 3.05) is 6.54 Å². The Labute approximate surface area is 108 Å². The molecule has 1 aromatic carbocycles. The van der Waals surface area contributed by atoms with Gasteiger partial charge in [-0.1, -0.05) is 30.3 Å². The smallest absolute Gasteiger partial charge is 0.0659 e. The van der Waals surface area contributed by atoms with E-state index in [1.54, 1.807) is 0 Å². The first kappa shape index (κ1) is 11.5. The van der Waals surface area contributed by atoms with Crippen molar-refractivity contribution in [2.24, 2.45) is 0 Å². The molecule has 1 aromatic heterocycles. The molecule has 94 valence electrons. The zero-order chi connectivity index (χ0) is 12.2. The van der Waals surface area contributed by atoms with E-state index >= 15 is 0 Å². The molecular formula is C15H19N3. The van der Waals surface area contributed by atoms with Crippen molar-refractivity contribution in [3.8, 4) is 0 Å². The summed E-state index contributed by atoms with van der Waals surface area (Å²) in [6.45, 7) is 2.03. The topological polar surface area (TPSA) is 29.9 Å². The van der Waals surface area contributed by atoms with Crippen LogP contribution in [0.25, 0.3) is 0 Å². The minimum Gasteiger partial charge on any atom is -0.314 e. The van der Waals surface area contributed by atoms with Crippen LogP contribution < -0.4 is 5.32 Å². The number of nitrogens with zero attached hydrogens (tertiary/aromatic N) is 2. The fourth-order valence-corrected chi connectivity index (χ4v) is 2.58. The Morgan fingerprint density at radius 3 is 2.89 bits per heavy atom. The summed E-state index contributed by atoms with van der Waals surface area (Å²) < 4.78 is 2.03. The molecule has 0 radical (unpaired) electrons. The van der Waals surface area contributed by atoms with E-state index in [2.05, 4.69) is 40.9 Å². The second kappa shape index (κ2) is 5.36. The van der Waals surface area contributed by atoms with Gasteiger partial charge >= 0.3 is 0 Å². The van der Waals surface area contributed by atoms with Gasteiger partial charge in [0.2, 0.25) is 0 Å². The van der Waals surface area contributed by atoms with Gasteiger partial charge < -0.3 is 5.32 Å². The Morgan fingerprint density at radius 2 is 2.11 bits per heavy atom. The minimum absolute atomic E-state index is 0.652. The molecule has 0 spiro atoms. The van der Waals surface area contributed by atoms with Crippen molar-refractivity contribution in [3.05, 3.63) is 53.9 Å². The molecule has 3 rings (SSSR count). The van der Waals surface area contributed by atoms with E-state index in [-0.39, 0.29) is 0 Å². The molecule has 1 saturated heterocycles. The SMILES string of the molecule is c1ccc(Cn2cc(CC3CCCN3)cn2)cc1. The number of hydrogen-bond acceptors (Lipinski definition) is 2. The zero-order valence-electron chi connectivity index (χ0n) is 10.5. The average molecular weight is 241 g/mol. The lowest BCUT2D eigenvalue weighted by Gasteiger charge is -2.07. The first-order valence-corrected chi connectivity index (χ1v) is 6.69. The number of hydrogen-bond donors (Lipinski definition) is 1. The van der Waals surface area contributed by atoms with Gasteiger partial charge in [0, 0.05) is 12.2 Å². The molecule has 3 nitrogen and oxygen atoms in total. The molecule has 1 aliphatic rings. The van der Waals surface area contributed by atoms with E-state index < -0.39 is 0 Å². The van der Waals surface area contributed by atoms with Gasteiger partial charge in [0.05, 0.1) is 12.7 Å². The van der Waals surface area contributed by atoms with Gasteiger partial charge in [0.1, 0.15) is 0 Å². The van der Waals surface area contributed by atoms with Crippen molar-refractivity contribution in [1.29, 1.82) is 0 Å². The molecule has 0 saturated carbocycles. The lowest BCUT2D eigenvalue weighted by atomic mass is 10.1. The predicted octanol–water partition coefficient (Wildman–Crippen LogP) is 2.23. The zero-order valence-corrected chi connectivity index (χ0v) is 10.5. The summed E-state index contributed by atoms with van der Waals surface area (Å²) in [5.41, 5.74) is 2.64. The first-order chi connectivity index (χ1) is 8.90. The summed E-state index contributed by atoms with van der Waals surface area (Å²) in [7, 11) is 0. The summed E-state index contributed by atoms with van der Waals surface area (Å²) in [5, 5.41) is 7.97. The molecule has 2 heterocycles. The van der Waals surface area contributed by atoms with Gasteiger partial charge in [-0.2, -0.15) is 5.10 Å². The Kier molecular flexibility index (Phi) is 3.42. The highest BCUT2D eigenvalue weighted by molar-refractivity contribution is 5.16. The van der Waals surface area contributed by atoms with Crippen LogP contribution in [0, 0.1) is 0 Å². The summed E-state index contributed by atoms with van der Waals surface area (Å²) in [6.07, 6.45) is 7.89. The first-order valence-electron chi connectivity index (χ1n) is 6.69. The van der Waals surface area contributed by atoms with Crippen LogP contribution >= 0.6 is 0 Å². The van der Waals surface area contributed by atoms with E-state index in [4.69, 9.17) is 0 Å². The van der Waals surface area contributed by atoms with E-state index in [0.717, 1.165) is 13.0 Å². The van der Waals surface area contributed by atoms with Crippen LogP contribution in [-0.2, 0) is 13.0 Å². The van der Waals surface area contributed by atoms with Crippen molar-refractivity contribution in [1.82, 2.24) is 15.1 Å². The molecule has 0 aliphatic carbocycles. The third-order valence-electron chi connectivity index (χ3n) is 3.52. The lowest BCUT2D eigenvalue weighted by Crippen LogP contribution is -2.23. The van der Waals surface area contributed by atoms with Crippen LogP contribution in [0.15, 0.2) is 42.7 Å². The Balaban J connectivity index is 1.62. The monoisotopic (exact) mass is 241 g/mol. The molecule has 2 aromatic rings. The maximum absolute atomic E-state index is 4.44. The highest BCUT2D eigenvalue weighted by Crippen LogP contribution is 2.12. The standard InChI is InChI=1S/C15H19N3/c1-2-5-13(6-3-1)11-18-12-14(10-17-18)9-15-7-4-8-16-15/h1-3,5-6,10,12,15-16H,4,7-9,11H2. The van der Waals surface area contributed by atoms with Gasteiger partial charge in [0.15, 0.2) is 0 Å². The number of rotatable bonds is 4. The predicted molar refractivity (Wildman–Crippen MR) is 72.5 cm³/mol. The van der Waals surface area contributed by atoms with E-state index in [1.165, 1.54) is 30.5 Å². The fourth-order valence-electron chi connectivity index (χ4n) is 2.58. The van der Waals surface area contributed by atoms with Gasteiger partial charge in [-0.3, -0.25) is 4.68 Å². The average Bonchev–Trinajstić information content (AvgIpc) is 3.03. The second-order valence-electron chi connectivity index (χ2n) is 5.03. The molecule has 3 heteroatoms. The molecule has 18 heavy (non-hydrogen) atoms. The van der Waals surface area contributed by atoms with Crippen molar-refractivity contribution in [3.63, 3.8) is 0 Å². The van der Waals surface area contributed by atoms with Crippen LogP contribution in [0.1, 0.15) is 24.0 Å². The maximum atomic E-state index is 4.44. The quantitative estimate of drug-likeness (QED) is 0.889. The highest BCUT2D eigenvalue weighted by Gasteiger charge is 2.15. The van der Waals surface area contributed by atoms with E-state index in [0.29, 0.717) is 6.04 Å². The van der Waals surface area contributed by atoms with Gasteiger partial charge in [-0.15, -0.1) is 0 Å². The van der Waals surface area contributed by atoms with Crippen LogP contribution in [-0.4, -0.2) is 22.4 Å². The summed E-state index contributed by atoms with van der Waals surface area (Å²) in [5.74, 6) is 0. The van der Waals surface area contributed by atoms with Crippen molar-refractivity contribution >= 4 is 0 Å². The molecule has 0 amide bonds. The molecule has 1 N–H and O–H groups in total. The molecule has 1 fully saturated rings. The molecule has 1 aliphatic heterocycles. The molecular weight excluding hydrogens is 222 g/mol. The second-order valence-corrected chi connectivity index (χ2v) is 5.03. The van der Waals surface area contributed by atoms with Gasteiger partial charge in [-0.05, 0) is 36.9 Å². The summed E-state index contributed by atoms with van der Waals surface area (Å²) >= 11 is 0. The number of benzene rings is 1. The number of nitrogens with one attached hydrogen (secondary N) is 1.